The van der Waals surface area contributed by atoms with Crippen LogP contribution in [0.4, 0.5) is 0 Å². The average Bonchev–Trinajstić information content (AvgIpc) is 4.07. The van der Waals surface area contributed by atoms with Crippen molar-refractivity contribution in [2.24, 2.45) is 0 Å². The Kier molecular flexibility index (Phi) is 7.75. The molecule has 0 amide bonds. The molecule has 9 aromatic carbocycles. The first-order valence-corrected chi connectivity index (χ1v) is 22.5. The van der Waals surface area contributed by atoms with E-state index >= 15 is 0 Å². The van der Waals surface area contributed by atoms with Gasteiger partial charge in [0.1, 0.15) is 16.8 Å². The molecule has 0 fully saturated rings. The van der Waals surface area contributed by atoms with Crippen molar-refractivity contribution in [2.75, 3.05) is 0 Å². The molecular weight excluding hydrogens is 815 g/mol. The summed E-state index contributed by atoms with van der Waals surface area (Å²) in [5, 5.41) is 9.34. The summed E-state index contributed by atoms with van der Waals surface area (Å²) in [6.07, 6.45) is 2.16. The van der Waals surface area contributed by atoms with Crippen molar-refractivity contribution >= 4 is 91.7 Å². The fraction of sp³-hybridized carbons (Fsp3) is 0. The Bertz CT molecular complexity index is 4240. The van der Waals surface area contributed by atoms with Crippen molar-refractivity contribution in [2.45, 2.75) is 0 Å². The number of thiophene rings is 1. The van der Waals surface area contributed by atoms with Crippen LogP contribution in [-0.2, 0) is 0 Å². The molecule has 14 aromatic rings. The predicted octanol–water partition coefficient (Wildman–Crippen LogP) is 15.6. The first kappa shape index (κ1) is 36.0. The molecule has 0 bridgehead atoms. The molecule has 0 aliphatic heterocycles. The average molecular weight is 848 g/mol. The summed E-state index contributed by atoms with van der Waals surface area (Å²) in [5.41, 5.74) is 12.1. The van der Waals surface area contributed by atoms with Crippen LogP contribution in [0.5, 0.6) is 0 Å². The van der Waals surface area contributed by atoms with Gasteiger partial charge in [0.05, 0.1) is 11.0 Å². The van der Waals surface area contributed by atoms with Gasteiger partial charge in [-0.25, -0.2) is 19.9 Å². The van der Waals surface area contributed by atoms with Gasteiger partial charge in [0.2, 0.25) is 0 Å². The van der Waals surface area contributed by atoms with Gasteiger partial charge in [-0.1, -0.05) is 133 Å². The summed E-state index contributed by atoms with van der Waals surface area (Å²) in [6.45, 7) is 0. The number of furan rings is 1. The van der Waals surface area contributed by atoms with Gasteiger partial charge in [0, 0.05) is 64.6 Å². The molecule has 0 N–H and O–H groups in total. The van der Waals surface area contributed by atoms with E-state index in [2.05, 4.69) is 162 Å². The first-order chi connectivity index (χ1) is 32.2. The van der Waals surface area contributed by atoms with E-state index in [1.165, 1.54) is 30.9 Å². The van der Waals surface area contributed by atoms with E-state index in [0.29, 0.717) is 17.5 Å². The molecule has 5 heterocycles. The minimum absolute atomic E-state index is 0.633. The fourth-order valence-electron chi connectivity index (χ4n) is 9.68. The van der Waals surface area contributed by atoms with Crippen molar-refractivity contribution in [3.63, 3.8) is 0 Å². The maximum Gasteiger partial charge on any atom is 0.164 e. The lowest BCUT2D eigenvalue weighted by atomic mass is 9.95. The van der Waals surface area contributed by atoms with Gasteiger partial charge in [-0.3, -0.25) is 4.40 Å². The number of rotatable bonds is 5. The maximum atomic E-state index is 6.12. The zero-order valence-electron chi connectivity index (χ0n) is 34.6. The standard InChI is InChI=1S/C58H33N5OS/c1-2-10-35(11-3-1)56-60-57(62-58(61-56)40-24-27-52-48(32-40)43-14-7-9-17-51(43)65-52)36-20-18-34(19-21-36)37-22-25-45-46(30-37)41-12-4-5-15-44(41)54-55(45)63-29-28-39(33-53(63)59-54)38-23-26-50-47(31-38)42-13-6-8-16-49(42)64-50/h1-33H. The second kappa shape index (κ2) is 14.0. The monoisotopic (exact) mass is 847 g/mol. The van der Waals surface area contributed by atoms with Crippen LogP contribution >= 0.6 is 11.3 Å². The first-order valence-electron chi connectivity index (χ1n) is 21.7. The molecule has 0 saturated carbocycles. The van der Waals surface area contributed by atoms with Crippen molar-refractivity contribution in [1.29, 1.82) is 0 Å². The minimum atomic E-state index is 0.633. The molecule has 0 spiro atoms. The Morgan fingerprint density at radius 2 is 0.908 bits per heavy atom. The number of fused-ring (bicyclic) bond motifs is 14. The number of nitrogens with zero attached hydrogens (tertiary/aromatic N) is 5. The molecule has 0 radical (unpaired) electrons. The minimum Gasteiger partial charge on any atom is -0.456 e. The molecule has 0 aliphatic carbocycles. The third kappa shape index (κ3) is 5.73. The summed E-state index contributed by atoms with van der Waals surface area (Å²) in [5.74, 6) is 1.93. The molecule has 0 saturated heterocycles. The topological polar surface area (TPSA) is 69.1 Å². The number of pyridine rings is 1. The number of imidazole rings is 1. The highest BCUT2D eigenvalue weighted by Crippen LogP contribution is 2.40. The lowest BCUT2D eigenvalue weighted by Gasteiger charge is -2.11. The zero-order valence-corrected chi connectivity index (χ0v) is 35.4. The molecule has 302 valence electrons. The van der Waals surface area contributed by atoms with Crippen molar-refractivity contribution in [1.82, 2.24) is 24.3 Å². The van der Waals surface area contributed by atoms with Crippen molar-refractivity contribution in [3.8, 4) is 56.4 Å². The van der Waals surface area contributed by atoms with E-state index in [-0.39, 0.29) is 0 Å². The van der Waals surface area contributed by atoms with Crippen LogP contribution in [0.15, 0.2) is 205 Å². The number of aromatic nitrogens is 5. The van der Waals surface area contributed by atoms with E-state index < -0.39 is 0 Å². The van der Waals surface area contributed by atoms with Gasteiger partial charge in [-0.05, 0) is 93.7 Å². The second-order valence-corrected chi connectivity index (χ2v) is 17.7. The quantitative estimate of drug-likeness (QED) is 0.161. The van der Waals surface area contributed by atoms with Crippen LogP contribution in [0.25, 0.3) is 137 Å². The third-order valence-corrected chi connectivity index (χ3v) is 14.0. The number of hydrogen-bond acceptors (Lipinski definition) is 6. The Morgan fingerprint density at radius 3 is 1.75 bits per heavy atom. The highest BCUT2D eigenvalue weighted by Gasteiger charge is 2.18. The molecule has 5 aromatic heterocycles. The highest BCUT2D eigenvalue weighted by molar-refractivity contribution is 7.25. The smallest absolute Gasteiger partial charge is 0.164 e. The Hall–Kier alpha value is -8.52. The molecular formula is C58H33N5OS. The SMILES string of the molecule is c1ccc(-c2nc(-c3ccc(-c4ccc5c(c4)c4ccccc4c4nc6cc(-c7ccc8oc9ccccc9c8c7)ccn6c54)cc3)nc(-c3ccc4sc5ccccc5c4c3)n2)cc1. The van der Waals surface area contributed by atoms with Crippen LogP contribution < -0.4 is 0 Å². The van der Waals surface area contributed by atoms with Gasteiger partial charge in [-0.2, -0.15) is 0 Å². The predicted molar refractivity (Wildman–Crippen MR) is 268 cm³/mol. The summed E-state index contributed by atoms with van der Waals surface area (Å²) in [4.78, 5) is 20.5. The van der Waals surface area contributed by atoms with Crippen LogP contribution in [0.1, 0.15) is 0 Å². The van der Waals surface area contributed by atoms with E-state index in [4.69, 9.17) is 24.4 Å². The van der Waals surface area contributed by atoms with Gasteiger partial charge in [-0.15, -0.1) is 11.3 Å². The molecule has 65 heavy (non-hydrogen) atoms. The largest absolute Gasteiger partial charge is 0.456 e. The van der Waals surface area contributed by atoms with Gasteiger partial charge < -0.3 is 4.42 Å². The van der Waals surface area contributed by atoms with Gasteiger partial charge in [0.15, 0.2) is 17.5 Å². The van der Waals surface area contributed by atoms with E-state index in [1.54, 1.807) is 0 Å². The highest BCUT2D eigenvalue weighted by atomic mass is 32.1. The van der Waals surface area contributed by atoms with Crippen LogP contribution in [0.3, 0.4) is 0 Å². The lowest BCUT2D eigenvalue weighted by Crippen LogP contribution is -2.00. The molecule has 0 aliphatic rings. The summed E-state index contributed by atoms with van der Waals surface area (Å²) >= 11 is 1.81. The Morgan fingerprint density at radius 1 is 0.338 bits per heavy atom. The van der Waals surface area contributed by atoms with Gasteiger partial charge >= 0.3 is 0 Å². The molecule has 0 atom stereocenters. The molecule has 14 rings (SSSR count). The van der Waals surface area contributed by atoms with Crippen molar-refractivity contribution in [3.05, 3.63) is 200 Å². The normalized spacial score (nSPS) is 12.0. The number of benzene rings is 9. The Labute approximate surface area is 375 Å². The summed E-state index contributed by atoms with van der Waals surface area (Å²) in [7, 11) is 0. The van der Waals surface area contributed by atoms with Crippen molar-refractivity contribution < 1.29 is 4.42 Å². The van der Waals surface area contributed by atoms with E-state index in [9.17, 15) is 0 Å². The van der Waals surface area contributed by atoms with Crippen LogP contribution in [-0.4, -0.2) is 24.3 Å². The van der Waals surface area contributed by atoms with Gasteiger partial charge in [0.25, 0.3) is 0 Å². The number of hydrogen-bond donors (Lipinski definition) is 0. The van der Waals surface area contributed by atoms with E-state index in [1.807, 2.05) is 53.8 Å². The van der Waals surface area contributed by atoms with E-state index in [0.717, 1.165) is 88.3 Å². The second-order valence-electron chi connectivity index (χ2n) is 16.6. The molecule has 0 unspecified atom stereocenters. The third-order valence-electron chi connectivity index (χ3n) is 12.9. The fourth-order valence-corrected chi connectivity index (χ4v) is 10.8. The summed E-state index contributed by atoms with van der Waals surface area (Å²) < 4.78 is 10.9. The molecule has 7 heteroatoms. The maximum absolute atomic E-state index is 6.12. The van der Waals surface area contributed by atoms with Crippen LogP contribution in [0.2, 0.25) is 0 Å². The van der Waals surface area contributed by atoms with Crippen LogP contribution in [0, 0.1) is 0 Å². The zero-order chi connectivity index (χ0) is 42.6. The molecule has 6 nitrogen and oxygen atoms in total. The summed E-state index contributed by atoms with van der Waals surface area (Å²) in [6, 6.07) is 68.3. The number of para-hydroxylation sites is 1. The Balaban J connectivity index is 0.857. The lowest BCUT2D eigenvalue weighted by molar-refractivity contribution is 0.669.